The minimum absolute atomic E-state index is 0.207. The monoisotopic (exact) mass is 254 g/mol. The maximum absolute atomic E-state index is 11.8. The van der Waals surface area contributed by atoms with Gasteiger partial charge in [-0.15, -0.1) is 0 Å². The van der Waals surface area contributed by atoms with Gasteiger partial charge in [-0.05, 0) is 30.2 Å². The van der Waals surface area contributed by atoms with E-state index in [0.717, 1.165) is 16.9 Å². The first-order valence-electron chi connectivity index (χ1n) is 6.49. The Morgan fingerprint density at radius 2 is 1.84 bits per heavy atom. The van der Waals surface area contributed by atoms with Gasteiger partial charge in [0.15, 0.2) is 0 Å². The van der Waals surface area contributed by atoms with Crippen LogP contribution in [0.2, 0.25) is 0 Å². The van der Waals surface area contributed by atoms with E-state index in [0.29, 0.717) is 19.4 Å². The van der Waals surface area contributed by atoms with E-state index in [1.165, 1.54) is 0 Å². The van der Waals surface area contributed by atoms with Crippen LogP contribution in [0, 0.1) is 6.92 Å². The Morgan fingerprint density at radius 3 is 2.58 bits per heavy atom. The molecule has 2 nitrogen and oxygen atoms in total. The molecule has 0 saturated carbocycles. The molecule has 2 rings (SSSR count). The van der Waals surface area contributed by atoms with Crippen molar-refractivity contribution in [3.63, 3.8) is 0 Å². The number of carbonyl (C=O) groups excluding carboxylic acids is 1. The third kappa shape index (κ3) is 4.59. The number of carbonyl (C=O) groups is 1. The molecular weight excluding hydrogens is 236 g/mol. The van der Waals surface area contributed by atoms with Crippen LogP contribution in [0.4, 0.5) is 0 Å². The summed E-state index contributed by atoms with van der Waals surface area (Å²) in [6.07, 6.45) is 0.931. The minimum Gasteiger partial charge on any atom is -0.493 e. The molecule has 0 N–H and O–H groups in total. The lowest BCUT2D eigenvalue weighted by atomic mass is 10.1. The lowest BCUT2D eigenvalue weighted by Crippen LogP contribution is -2.08. The van der Waals surface area contributed by atoms with E-state index in [4.69, 9.17) is 4.74 Å². The highest BCUT2D eigenvalue weighted by Crippen LogP contribution is 2.12. The van der Waals surface area contributed by atoms with E-state index >= 15 is 0 Å². The van der Waals surface area contributed by atoms with E-state index in [-0.39, 0.29) is 5.78 Å². The normalized spacial score (nSPS) is 10.2. The molecule has 0 aromatic heterocycles. The molecule has 0 aliphatic carbocycles. The van der Waals surface area contributed by atoms with Crippen molar-refractivity contribution in [3.05, 3.63) is 65.7 Å². The Kier molecular flexibility index (Phi) is 4.73. The average Bonchev–Trinajstić information content (AvgIpc) is 2.40. The fourth-order valence-electron chi connectivity index (χ4n) is 1.90. The van der Waals surface area contributed by atoms with Crippen LogP contribution in [-0.2, 0) is 11.2 Å². The van der Waals surface area contributed by atoms with Gasteiger partial charge in [0.05, 0.1) is 6.61 Å². The molecule has 0 aliphatic heterocycles. The van der Waals surface area contributed by atoms with E-state index in [1.807, 2.05) is 61.5 Å². The van der Waals surface area contributed by atoms with Gasteiger partial charge in [0.1, 0.15) is 11.5 Å². The first-order valence-corrected chi connectivity index (χ1v) is 6.49. The zero-order chi connectivity index (χ0) is 13.5. The number of hydrogen-bond donors (Lipinski definition) is 0. The maximum atomic E-state index is 11.8. The Bertz CT molecular complexity index is 532. The third-order valence-electron chi connectivity index (χ3n) is 2.88. The van der Waals surface area contributed by atoms with Gasteiger partial charge in [-0.1, -0.05) is 42.5 Å². The van der Waals surface area contributed by atoms with Crippen molar-refractivity contribution in [2.24, 2.45) is 0 Å². The van der Waals surface area contributed by atoms with Crippen LogP contribution in [0.15, 0.2) is 54.6 Å². The Balaban J connectivity index is 1.75. The molecule has 19 heavy (non-hydrogen) atoms. The van der Waals surface area contributed by atoms with Crippen molar-refractivity contribution in [1.82, 2.24) is 0 Å². The molecule has 0 aliphatic rings. The highest BCUT2D eigenvalue weighted by molar-refractivity contribution is 5.80. The molecule has 2 heteroatoms. The number of aryl methyl sites for hydroxylation is 1. The number of ether oxygens (including phenoxy) is 1. The molecule has 0 bridgehead atoms. The molecule has 2 aromatic rings. The maximum Gasteiger partial charge on any atom is 0.140 e. The second kappa shape index (κ2) is 6.74. The SMILES string of the molecule is Cc1cccc(OCCC(=O)Cc2ccccc2)c1. The van der Waals surface area contributed by atoms with Gasteiger partial charge in [-0.25, -0.2) is 0 Å². The van der Waals surface area contributed by atoms with Gasteiger partial charge in [0, 0.05) is 12.8 Å². The summed E-state index contributed by atoms with van der Waals surface area (Å²) in [6, 6.07) is 17.7. The van der Waals surface area contributed by atoms with Crippen LogP contribution in [0.5, 0.6) is 5.75 Å². The molecular formula is C17H18O2. The fourth-order valence-corrected chi connectivity index (χ4v) is 1.90. The number of Topliss-reactive ketones (excluding diaryl/α,β-unsaturated/α-hetero) is 1. The summed E-state index contributed by atoms with van der Waals surface area (Å²) >= 11 is 0. The summed E-state index contributed by atoms with van der Waals surface area (Å²) in [7, 11) is 0. The second-order valence-electron chi connectivity index (χ2n) is 4.62. The largest absolute Gasteiger partial charge is 0.493 e. The van der Waals surface area contributed by atoms with Crippen molar-refractivity contribution in [1.29, 1.82) is 0 Å². The molecule has 0 spiro atoms. The van der Waals surface area contributed by atoms with Crippen molar-refractivity contribution < 1.29 is 9.53 Å². The number of ketones is 1. The Morgan fingerprint density at radius 1 is 1.05 bits per heavy atom. The number of rotatable bonds is 6. The number of hydrogen-bond acceptors (Lipinski definition) is 2. The number of benzene rings is 2. The van der Waals surface area contributed by atoms with Crippen molar-refractivity contribution in [3.8, 4) is 5.75 Å². The lowest BCUT2D eigenvalue weighted by molar-refractivity contribution is -0.118. The summed E-state index contributed by atoms with van der Waals surface area (Å²) in [5.74, 6) is 1.03. The average molecular weight is 254 g/mol. The van der Waals surface area contributed by atoms with Crippen molar-refractivity contribution >= 4 is 5.78 Å². The van der Waals surface area contributed by atoms with Crippen molar-refractivity contribution in [2.75, 3.05) is 6.61 Å². The first kappa shape index (κ1) is 13.3. The van der Waals surface area contributed by atoms with Gasteiger partial charge in [0.25, 0.3) is 0 Å². The van der Waals surface area contributed by atoms with Gasteiger partial charge >= 0.3 is 0 Å². The molecule has 0 fully saturated rings. The van der Waals surface area contributed by atoms with Crippen LogP contribution in [0.25, 0.3) is 0 Å². The van der Waals surface area contributed by atoms with Crippen LogP contribution >= 0.6 is 0 Å². The molecule has 0 amide bonds. The minimum atomic E-state index is 0.207. The summed E-state index contributed by atoms with van der Waals surface area (Å²) in [6.45, 7) is 2.46. The van der Waals surface area contributed by atoms with Gasteiger partial charge in [0.2, 0.25) is 0 Å². The van der Waals surface area contributed by atoms with Crippen LogP contribution in [-0.4, -0.2) is 12.4 Å². The zero-order valence-electron chi connectivity index (χ0n) is 11.1. The standard InChI is InChI=1S/C17H18O2/c1-14-6-5-9-17(12-14)19-11-10-16(18)13-15-7-3-2-4-8-15/h2-9,12H,10-11,13H2,1H3. The van der Waals surface area contributed by atoms with Gasteiger partial charge in [-0.3, -0.25) is 4.79 Å². The summed E-state index contributed by atoms with van der Waals surface area (Å²) < 4.78 is 5.57. The highest BCUT2D eigenvalue weighted by Gasteiger charge is 2.04. The molecule has 0 heterocycles. The second-order valence-corrected chi connectivity index (χ2v) is 4.62. The van der Waals surface area contributed by atoms with E-state index in [1.54, 1.807) is 0 Å². The third-order valence-corrected chi connectivity index (χ3v) is 2.88. The van der Waals surface area contributed by atoms with E-state index in [9.17, 15) is 4.79 Å². The van der Waals surface area contributed by atoms with Crippen LogP contribution < -0.4 is 4.74 Å². The smallest absolute Gasteiger partial charge is 0.140 e. The summed E-state index contributed by atoms with van der Waals surface area (Å²) in [5.41, 5.74) is 2.22. The molecule has 0 atom stereocenters. The molecule has 0 radical (unpaired) electrons. The van der Waals surface area contributed by atoms with E-state index in [2.05, 4.69) is 0 Å². The fraction of sp³-hybridized carbons (Fsp3) is 0.235. The predicted molar refractivity (Wildman–Crippen MR) is 76.4 cm³/mol. The molecule has 98 valence electrons. The van der Waals surface area contributed by atoms with Gasteiger partial charge < -0.3 is 4.74 Å². The molecule has 2 aromatic carbocycles. The Hall–Kier alpha value is -2.09. The zero-order valence-corrected chi connectivity index (χ0v) is 11.1. The quantitative estimate of drug-likeness (QED) is 0.787. The van der Waals surface area contributed by atoms with Crippen molar-refractivity contribution in [2.45, 2.75) is 19.8 Å². The summed E-state index contributed by atoms with van der Waals surface area (Å²) in [4.78, 5) is 11.8. The predicted octanol–water partition coefficient (Wildman–Crippen LogP) is 3.58. The molecule has 0 unspecified atom stereocenters. The highest BCUT2D eigenvalue weighted by atomic mass is 16.5. The first-order chi connectivity index (χ1) is 9.24. The summed E-state index contributed by atoms with van der Waals surface area (Å²) in [5, 5.41) is 0. The lowest BCUT2D eigenvalue weighted by Gasteiger charge is -2.06. The Labute approximate surface area is 114 Å². The van der Waals surface area contributed by atoms with Crippen LogP contribution in [0.3, 0.4) is 0 Å². The molecule has 0 saturated heterocycles. The van der Waals surface area contributed by atoms with E-state index < -0.39 is 0 Å². The topological polar surface area (TPSA) is 26.3 Å². The van der Waals surface area contributed by atoms with Crippen LogP contribution in [0.1, 0.15) is 17.5 Å². The van der Waals surface area contributed by atoms with Gasteiger partial charge in [-0.2, -0.15) is 0 Å².